The summed E-state index contributed by atoms with van der Waals surface area (Å²) in [5.74, 6) is 0.822. The van der Waals surface area contributed by atoms with Gasteiger partial charge in [0.25, 0.3) is 0 Å². The summed E-state index contributed by atoms with van der Waals surface area (Å²) in [6.45, 7) is 9.44. The summed E-state index contributed by atoms with van der Waals surface area (Å²) < 4.78 is 11.5. The minimum atomic E-state index is -1.43. The highest BCUT2D eigenvalue weighted by molar-refractivity contribution is 6.77. The largest absolute Gasteiger partial charge is 0.469 e. The second kappa shape index (κ2) is 5.33. The molecule has 0 N–H and O–H groups in total. The van der Waals surface area contributed by atoms with E-state index in [1.54, 1.807) is 0 Å². The summed E-state index contributed by atoms with van der Waals surface area (Å²) in [5.41, 5.74) is 0. The van der Waals surface area contributed by atoms with Gasteiger partial charge in [-0.1, -0.05) is 37.8 Å². The Bertz CT molecular complexity index is 279. The molecule has 0 bridgehead atoms. The van der Waals surface area contributed by atoms with E-state index in [2.05, 4.69) is 19.6 Å². The third-order valence-electron chi connectivity index (χ3n) is 2.01. The fourth-order valence-corrected chi connectivity index (χ4v) is 2.39. The smallest absolute Gasteiger partial charge is 0.179 e. The molecule has 0 saturated carbocycles. The van der Waals surface area contributed by atoms with Gasteiger partial charge in [-0.05, 0) is 19.1 Å². The fraction of sp³-hybridized carbons (Fsp3) is 0.500. The molecule has 0 fully saturated rings. The zero-order chi connectivity index (χ0) is 11.3. The number of hydrogen-bond donors (Lipinski definition) is 0. The van der Waals surface area contributed by atoms with Crippen molar-refractivity contribution in [2.24, 2.45) is 0 Å². The minimum absolute atomic E-state index is 0.0649. The maximum atomic E-state index is 5.86. The van der Waals surface area contributed by atoms with Gasteiger partial charge in [0.1, 0.15) is 13.8 Å². The highest BCUT2D eigenvalue weighted by Gasteiger charge is 2.29. The Hall–Kier alpha value is -0.803. The molecule has 84 valence electrons. The second-order valence-electron chi connectivity index (χ2n) is 4.58. The lowest BCUT2D eigenvalue weighted by atomic mass is 10.3. The Morgan fingerprint density at radius 1 is 1.13 bits per heavy atom. The second-order valence-corrected chi connectivity index (χ2v) is 9.79. The lowest BCUT2D eigenvalue weighted by Gasteiger charge is -2.28. The number of rotatable bonds is 5. The van der Waals surface area contributed by atoms with Crippen LogP contribution >= 0.6 is 0 Å². The van der Waals surface area contributed by atoms with Crippen LogP contribution in [0, 0.1) is 0 Å². The number of hydrogen-bond acceptors (Lipinski definition) is 2. The van der Waals surface area contributed by atoms with Gasteiger partial charge in [0.05, 0.1) is 0 Å². The van der Waals surface area contributed by atoms with Crippen molar-refractivity contribution < 1.29 is 9.47 Å². The lowest BCUT2D eigenvalue weighted by Crippen LogP contribution is -2.44. The molecular formula is C12H20O2Si. The summed E-state index contributed by atoms with van der Waals surface area (Å²) in [4.78, 5) is 0. The molecule has 0 aliphatic rings. The zero-order valence-electron chi connectivity index (χ0n) is 9.99. The van der Waals surface area contributed by atoms with Crippen LogP contribution in [0.5, 0.6) is 5.75 Å². The SMILES string of the molecule is CCOC(Oc1ccccc1)[Si](C)(C)C. The van der Waals surface area contributed by atoms with E-state index in [0.29, 0.717) is 6.61 Å². The minimum Gasteiger partial charge on any atom is -0.469 e. The first-order chi connectivity index (χ1) is 7.04. The molecule has 1 atom stereocenters. The maximum Gasteiger partial charge on any atom is 0.179 e. The van der Waals surface area contributed by atoms with Crippen molar-refractivity contribution in [3.05, 3.63) is 30.3 Å². The molecule has 0 aromatic heterocycles. The maximum absolute atomic E-state index is 5.86. The number of benzene rings is 1. The van der Waals surface area contributed by atoms with Crippen LogP contribution in [0.2, 0.25) is 19.6 Å². The van der Waals surface area contributed by atoms with E-state index in [1.807, 2.05) is 37.3 Å². The van der Waals surface area contributed by atoms with Crippen molar-refractivity contribution in [1.82, 2.24) is 0 Å². The van der Waals surface area contributed by atoms with E-state index in [9.17, 15) is 0 Å². The molecule has 1 aromatic carbocycles. The van der Waals surface area contributed by atoms with Gasteiger partial charge in [-0.25, -0.2) is 0 Å². The van der Waals surface area contributed by atoms with E-state index < -0.39 is 8.07 Å². The third-order valence-corrected chi connectivity index (χ3v) is 3.71. The van der Waals surface area contributed by atoms with E-state index in [-0.39, 0.29) is 5.91 Å². The summed E-state index contributed by atoms with van der Waals surface area (Å²) in [6.07, 6.45) is 0. The molecule has 15 heavy (non-hydrogen) atoms. The average Bonchev–Trinajstić information content (AvgIpc) is 2.17. The van der Waals surface area contributed by atoms with E-state index in [4.69, 9.17) is 9.47 Å². The summed E-state index contributed by atoms with van der Waals surface area (Å²) in [6, 6.07) is 9.86. The van der Waals surface area contributed by atoms with Gasteiger partial charge in [0.2, 0.25) is 0 Å². The van der Waals surface area contributed by atoms with Crippen molar-refractivity contribution in [2.75, 3.05) is 6.61 Å². The van der Waals surface area contributed by atoms with Crippen molar-refractivity contribution in [3.8, 4) is 5.75 Å². The van der Waals surface area contributed by atoms with Crippen LogP contribution in [-0.2, 0) is 4.74 Å². The topological polar surface area (TPSA) is 18.5 Å². The van der Waals surface area contributed by atoms with Gasteiger partial charge in [-0.3, -0.25) is 0 Å². The molecule has 2 nitrogen and oxygen atoms in total. The van der Waals surface area contributed by atoms with Crippen LogP contribution in [0.25, 0.3) is 0 Å². The summed E-state index contributed by atoms with van der Waals surface area (Å²) >= 11 is 0. The van der Waals surface area contributed by atoms with Crippen LogP contribution in [0.15, 0.2) is 30.3 Å². The molecule has 0 heterocycles. The standard InChI is InChI=1S/C12H20O2Si/c1-5-13-12(15(2,3)4)14-11-9-7-6-8-10-11/h6-10,12H,5H2,1-4H3. The molecule has 0 spiro atoms. The van der Waals surface area contributed by atoms with Gasteiger partial charge < -0.3 is 9.47 Å². The molecule has 0 aliphatic carbocycles. The van der Waals surface area contributed by atoms with Crippen LogP contribution in [0.1, 0.15) is 6.92 Å². The Kier molecular flexibility index (Phi) is 4.36. The Morgan fingerprint density at radius 3 is 2.20 bits per heavy atom. The fourth-order valence-electron chi connectivity index (χ4n) is 1.23. The third kappa shape index (κ3) is 4.06. The normalized spacial score (nSPS) is 13.6. The Labute approximate surface area is 93.2 Å². The molecule has 1 aromatic rings. The summed E-state index contributed by atoms with van der Waals surface area (Å²) in [5, 5.41) is 0. The first-order valence-corrected chi connectivity index (χ1v) is 8.95. The van der Waals surface area contributed by atoms with Crippen molar-refractivity contribution in [1.29, 1.82) is 0 Å². The molecule has 1 unspecified atom stereocenters. The summed E-state index contributed by atoms with van der Waals surface area (Å²) in [7, 11) is -1.43. The van der Waals surface area contributed by atoms with Gasteiger partial charge >= 0.3 is 0 Å². The van der Waals surface area contributed by atoms with E-state index in [0.717, 1.165) is 5.75 Å². The molecule has 1 rings (SSSR count). The predicted molar refractivity (Wildman–Crippen MR) is 65.8 cm³/mol. The van der Waals surface area contributed by atoms with Gasteiger partial charge in [-0.2, -0.15) is 0 Å². The molecular weight excluding hydrogens is 204 g/mol. The molecule has 0 radical (unpaired) electrons. The van der Waals surface area contributed by atoms with Gasteiger partial charge in [-0.15, -0.1) is 0 Å². The van der Waals surface area contributed by atoms with Crippen LogP contribution in [0.4, 0.5) is 0 Å². The van der Waals surface area contributed by atoms with Crippen molar-refractivity contribution in [2.45, 2.75) is 32.5 Å². The van der Waals surface area contributed by atoms with Crippen LogP contribution < -0.4 is 4.74 Å². The Morgan fingerprint density at radius 2 is 1.73 bits per heavy atom. The van der Waals surface area contributed by atoms with E-state index in [1.165, 1.54) is 0 Å². The number of para-hydroxylation sites is 1. The monoisotopic (exact) mass is 224 g/mol. The van der Waals surface area contributed by atoms with Gasteiger partial charge in [0, 0.05) is 6.61 Å². The molecule has 3 heteroatoms. The number of ether oxygens (including phenoxy) is 2. The average molecular weight is 224 g/mol. The Balaban J connectivity index is 2.67. The zero-order valence-corrected chi connectivity index (χ0v) is 11.0. The predicted octanol–water partition coefficient (Wildman–Crippen LogP) is 3.31. The highest BCUT2D eigenvalue weighted by atomic mass is 28.3. The van der Waals surface area contributed by atoms with Crippen LogP contribution in [-0.4, -0.2) is 20.6 Å². The van der Waals surface area contributed by atoms with Gasteiger partial charge in [0.15, 0.2) is 5.91 Å². The van der Waals surface area contributed by atoms with Crippen LogP contribution in [0.3, 0.4) is 0 Å². The lowest BCUT2D eigenvalue weighted by molar-refractivity contribution is -0.0234. The highest BCUT2D eigenvalue weighted by Crippen LogP contribution is 2.18. The van der Waals surface area contributed by atoms with E-state index >= 15 is 0 Å². The first-order valence-electron chi connectivity index (χ1n) is 5.37. The quantitative estimate of drug-likeness (QED) is 0.564. The molecule has 0 amide bonds. The molecule has 0 saturated heterocycles. The first kappa shape index (κ1) is 12.3. The van der Waals surface area contributed by atoms with Crippen molar-refractivity contribution >= 4 is 8.07 Å². The van der Waals surface area contributed by atoms with Crippen molar-refractivity contribution in [3.63, 3.8) is 0 Å². The molecule has 0 aliphatic heterocycles.